The molecule has 0 bridgehead atoms. The maximum Gasteiger partial charge on any atom is 2.00 e. The predicted octanol–water partition coefficient (Wildman–Crippen LogP) is -3.68. The van der Waals surface area contributed by atoms with Crippen molar-refractivity contribution in [2.75, 3.05) is 7.11 Å². The second-order valence-corrected chi connectivity index (χ2v) is 4.70. The number of halogens is 2. The molecule has 3 nitrogen and oxygen atoms in total. The van der Waals surface area contributed by atoms with E-state index in [1.165, 1.54) is 13.2 Å². The van der Waals surface area contributed by atoms with Gasteiger partial charge in [-0.3, -0.25) is 0 Å². The van der Waals surface area contributed by atoms with Gasteiger partial charge >= 0.3 is 49.0 Å². The molecule has 0 radical (unpaired) electrons. The fourth-order valence-corrected chi connectivity index (χ4v) is 2.09. The van der Waals surface area contributed by atoms with Gasteiger partial charge in [0.2, 0.25) is 0 Å². The van der Waals surface area contributed by atoms with E-state index >= 15 is 0 Å². The maximum absolute atomic E-state index is 13.8. The summed E-state index contributed by atoms with van der Waals surface area (Å²) in [7, 11) is -0.0292. The first-order valence-electron chi connectivity index (χ1n) is 6.15. The van der Waals surface area contributed by atoms with Crippen LogP contribution in [0.5, 0.6) is 5.75 Å². The summed E-state index contributed by atoms with van der Waals surface area (Å²) in [6.07, 6.45) is 0.539. The smallest absolute Gasteiger partial charge is 1.00 e. The van der Waals surface area contributed by atoms with Crippen molar-refractivity contribution in [2.24, 2.45) is 0 Å². The summed E-state index contributed by atoms with van der Waals surface area (Å²) in [6, 6.07) is 2.99. The van der Waals surface area contributed by atoms with Crippen LogP contribution in [0, 0.1) is 5.82 Å². The van der Waals surface area contributed by atoms with E-state index in [1.807, 2.05) is 20.8 Å². The van der Waals surface area contributed by atoms with Crippen LogP contribution in [0.15, 0.2) is 12.1 Å². The number of benzene rings is 1. The Morgan fingerprint density at radius 3 is 2.14 bits per heavy atom. The molecule has 0 saturated carbocycles. The summed E-state index contributed by atoms with van der Waals surface area (Å²) in [5.74, 6) is -0.411. The van der Waals surface area contributed by atoms with Gasteiger partial charge in [0.1, 0.15) is 11.6 Å². The Morgan fingerprint density at radius 1 is 1.29 bits per heavy atom. The number of hydrogen-bond donors (Lipinski definition) is 2. The molecule has 0 heterocycles. The van der Waals surface area contributed by atoms with Crippen LogP contribution in [-0.2, 0) is 0 Å². The average molecular weight is 323 g/mol. The third kappa shape index (κ3) is 6.70. The van der Waals surface area contributed by atoms with Crippen molar-refractivity contribution >= 4 is 30.2 Å². The number of rotatable bonds is 5. The van der Waals surface area contributed by atoms with Gasteiger partial charge in [0.25, 0.3) is 0 Å². The van der Waals surface area contributed by atoms with E-state index in [0.717, 1.165) is 0 Å². The molecular weight excluding hydrogens is 301 g/mol. The van der Waals surface area contributed by atoms with Crippen molar-refractivity contribution in [3.8, 4) is 5.75 Å². The Labute approximate surface area is 163 Å². The summed E-state index contributed by atoms with van der Waals surface area (Å²) < 4.78 is 19.0. The van der Waals surface area contributed by atoms with Gasteiger partial charge in [0.05, 0.1) is 7.11 Å². The van der Waals surface area contributed by atoms with Gasteiger partial charge < -0.3 is 30.0 Å². The minimum atomic E-state index is -1.48. The molecule has 2 N–H and O–H groups in total. The van der Waals surface area contributed by atoms with Crippen LogP contribution >= 0.6 is 0 Å². The summed E-state index contributed by atoms with van der Waals surface area (Å²) >= 11 is 0. The van der Waals surface area contributed by atoms with Crippen LogP contribution in [0.25, 0.3) is 0 Å². The van der Waals surface area contributed by atoms with Crippen LogP contribution < -0.4 is 36.0 Å². The molecule has 112 valence electrons. The van der Waals surface area contributed by atoms with Crippen molar-refractivity contribution in [3.63, 3.8) is 0 Å². The molecule has 0 spiro atoms. The van der Waals surface area contributed by atoms with Gasteiger partial charge in [-0.05, 0) is 23.1 Å². The van der Waals surface area contributed by atoms with E-state index in [1.54, 1.807) is 6.07 Å². The standard InChI is InChI=1S/C13H20BFO3.ClH.Li.Mg.2H/c1-5-11(14(16)17)10-6-9(8(2)3)12(15)7-13(10)18-4;;;;;/h6-8,11,16-17H,5H2,1-4H3;1H;;;;/q;;+1;+2;2*-1/p-1. The molecule has 1 aromatic rings. The van der Waals surface area contributed by atoms with E-state index in [4.69, 9.17) is 4.74 Å². The molecule has 0 aromatic heterocycles. The molecular formula is C13H22BClFLiMgO3. The zero-order valence-corrected chi connectivity index (χ0v) is 15.5. The molecule has 0 aliphatic heterocycles. The van der Waals surface area contributed by atoms with Crippen LogP contribution in [0.1, 0.15) is 52.9 Å². The Morgan fingerprint density at radius 2 is 1.81 bits per heavy atom. The number of hydrogen-bond acceptors (Lipinski definition) is 3. The molecule has 0 aliphatic rings. The normalized spacial score (nSPS) is 10.9. The molecule has 0 fully saturated rings. The van der Waals surface area contributed by atoms with Crippen LogP contribution in [-0.4, -0.2) is 47.3 Å². The zero-order valence-electron chi connectivity index (χ0n) is 15.4. The summed E-state index contributed by atoms with van der Waals surface area (Å²) in [4.78, 5) is 0. The topological polar surface area (TPSA) is 49.7 Å². The first kappa shape index (κ1) is 26.5. The Kier molecular flexibility index (Phi) is 15.2. The number of ether oxygens (including phenoxy) is 1. The molecule has 0 amide bonds. The van der Waals surface area contributed by atoms with Crippen LogP contribution in [0.4, 0.5) is 4.39 Å². The van der Waals surface area contributed by atoms with Gasteiger partial charge in [-0.15, -0.1) is 0 Å². The fourth-order valence-electron chi connectivity index (χ4n) is 2.09. The second kappa shape index (κ2) is 12.1. The molecule has 1 rings (SSSR count). The maximum atomic E-state index is 13.8. The van der Waals surface area contributed by atoms with Gasteiger partial charge in [0.15, 0.2) is 0 Å². The fraction of sp³-hybridized carbons (Fsp3) is 0.538. The third-order valence-corrected chi connectivity index (χ3v) is 3.17. The molecule has 1 atom stereocenters. The van der Waals surface area contributed by atoms with Crippen LogP contribution in [0.2, 0.25) is 0 Å². The Bertz CT molecular complexity index is 434. The van der Waals surface area contributed by atoms with Crippen molar-refractivity contribution < 1.29 is 53.3 Å². The monoisotopic (exact) mass is 322 g/mol. The second-order valence-electron chi connectivity index (χ2n) is 4.70. The quantitative estimate of drug-likeness (QED) is 0.549. The van der Waals surface area contributed by atoms with Gasteiger partial charge in [-0.2, -0.15) is 0 Å². The minimum Gasteiger partial charge on any atom is -1.00 e. The van der Waals surface area contributed by atoms with Crippen molar-refractivity contribution in [2.45, 2.75) is 38.9 Å². The molecule has 21 heavy (non-hydrogen) atoms. The SMILES string of the molecule is CCC(B(O)O)c1cc(C(C)C)c(F)cc1OC.[Cl-].[H-].[H-].[Li+].[Mg+2]. The van der Waals surface area contributed by atoms with E-state index < -0.39 is 12.9 Å². The predicted molar refractivity (Wildman–Crippen MR) is 78.2 cm³/mol. The van der Waals surface area contributed by atoms with E-state index in [2.05, 4.69) is 0 Å². The zero-order chi connectivity index (χ0) is 13.9. The van der Waals surface area contributed by atoms with Gasteiger partial charge in [0, 0.05) is 11.9 Å². The average Bonchev–Trinajstić information content (AvgIpc) is 2.30. The van der Waals surface area contributed by atoms with E-state index in [-0.39, 0.29) is 68.9 Å². The molecule has 8 heteroatoms. The molecule has 0 saturated heterocycles. The van der Waals surface area contributed by atoms with Gasteiger partial charge in [-0.25, -0.2) is 4.39 Å². The first-order chi connectivity index (χ1) is 8.42. The molecule has 1 aromatic carbocycles. The Balaban J connectivity index is -0.000000216. The molecule has 0 aliphatic carbocycles. The van der Waals surface area contributed by atoms with E-state index in [9.17, 15) is 14.4 Å². The molecule has 1 unspecified atom stereocenters. The Hall–Kier alpha value is 0.589. The van der Waals surface area contributed by atoms with E-state index in [0.29, 0.717) is 23.3 Å². The van der Waals surface area contributed by atoms with Gasteiger partial charge in [-0.1, -0.05) is 27.2 Å². The minimum absolute atomic E-state index is 0. The van der Waals surface area contributed by atoms with Crippen molar-refractivity contribution in [3.05, 3.63) is 29.1 Å². The van der Waals surface area contributed by atoms with Crippen LogP contribution in [0.3, 0.4) is 0 Å². The summed E-state index contributed by atoms with van der Waals surface area (Å²) in [6.45, 7) is 5.64. The first-order valence-corrected chi connectivity index (χ1v) is 6.15. The largest absolute Gasteiger partial charge is 2.00 e. The third-order valence-electron chi connectivity index (χ3n) is 3.17. The summed E-state index contributed by atoms with van der Waals surface area (Å²) in [5, 5.41) is 18.8. The van der Waals surface area contributed by atoms with Crippen molar-refractivity contribution in [1.29, 1.82) is 0 Å². The van der Waals surface area contributed by atoms with Crippen molar-refractivity contribution in [1.82, 2.24) is 0 Å². The summed E-state index contributed by atoms with van der Waals surface area (Å²) in [5.41, 5.74) is 1.20. The number of methoxy groups -OCH3 is 1.